The molecular weight excluding hydrogens is 350 g/mol. The number of dihydropyridines is 1. The van der Waals surface area contributed by atoms with Gasteiger partial charge in [-0.15, -0.1) is 0 Å². The lowest BCUT2D eigenvalue weighted by atomic mass is 9.76. The predicted molar refractivity (Wildman–Crippen MR) is 113 cm³/mol. The standard InChI is InChI=1S/C23H27N3O2/c1-14-4-5-16(13-27)17(10-14)25-22-20-18(11-23(2,3)12-19(20)28)26-21(22)15-6-8-24-9-7-15/h4-8,10,24-27H,9,11-13H2,1-3H3. The third kappa shape index (κ3) is 3.38. The number of allylic oxidation sites excluding steroid dienone is 2. The normalized spacial score (nSPS) is 17.7. The fourth-order valence-electron chi connectivity index (χ4n) is 4.12. The van der Waals surface area contributed by atoms with Crippen molar-refractivity contribution in [2.45, 2.75) is 40.2 Å². The molecule has 0 spiro atoms. The third-order valence-corrected chi connectivity index (χ3v) is 5.46. The second kappa shape index (κ2) is 6.99. The number of hydrogen-bond acceptors (Lipinski definition) is 4. The van der Waals surface area contributed by atoms with Crippen LogP contribution in [-0.4, -0.2) is 22.4 Å². The molecule has 28 heavy (non-hydrogen) atoms. The molecule has 0 unspecified atom stereocenters. The van der Waals surface area contributed by atoms with Crippen LogP contribution in [0.3, 0.4) is 0 Å². The molecule has 1 aliphatic heterocycles. The molecule has 1 aromatic heterocycles. The van der Waals surface area contributed by atoms with Gasteiger partial charge in [0.2, 0.25) is 0 Å². The van der Waals surface area contributed by atoms with Crippen LogP contribution in [0.5, 0.6) is 0 Å². The molecule has 4 rings (SSSR count). The monoisotopic (exact) mass is 377 g/mol. The number of carbonyl (C=O) groups excluding carboxylic acids is 1. The number of aryl methyl sites for hydroxylation is 1. The van der Waals surface area contributed by atoms with Gasteiger partial charge in [0.1, 0.15) is 0 Å². The van der Waals surface area contributed by atoms with Crippen molar-refractivity contribution in [3.63, 3.8) is 0 Å². The Bertz CT molecular complexity index is 996. The van der Waals surface area contributed by atoms with Crippen molar-refractivity contribution < 1.29 is 9.90 Å². The van der Waals surface area contributed by atoms with E-state index in [1.165, 1.54) is 0 Å². The molecule has 0 bridgehead atoms. The summed E-state index contributed by atoms with van der Waals surface area (Å²) in [5.41, 5.74) is 7.23. The highest BCUT2D eigenvalue weighted by molar-refractivity contribution is 6.07. The Balaban J connectivity index is 1.87. The van der Waals surface area contributed by atoms with Crippen molar-refractivity contribution in [2.75, 3.05) is 11.9 Å². The molecule has 0 saturated carbocycles. The summed E-state index contributed by atoms with van der Waals surface area (Å²) in [4.78, 5) is 16.6. The zero-order valence-corrected chi connectivity index (χ0v) is 16.6. The number of nitrogens with one attached hydrogen (secondary N) is 3. The summed E-state index contributed by atoms with van der Waals surface area (Å²) in [6.07, 6.45) is 7.42. The number of aromatic amines is 1. The Labute approximate surface area is 165 Å². The quantitative estimate of drug-likeness (QED) is 0.644. The van der Waals surface area contributed by atoms with Crippen molar-refractivity contribution in [2.24, 2.45) is 5.41 Å². The number of benzene rings is 1. The van der Waals surface area contributed by atoms with Gasteiger partial charge in [-0.1, -0.05) is 32.1 Å². The van der Waals surface area contributed by atoms with Crippen LogP contribution in [0.1, 0.15) is 53.1 Å². The summed E-state index contributed by atoms with van der Waals surface area (Å²) in [6, 6.07) is 5.92. The van der Waals surface area contributed by atoms with Crippen LogP contribution >= 0.6 is 0 Å². The molecule has 5 heteroatoms. The number of aliphatic hydroxyl groups is 1. The topological polar surface area (TPSA) is 77.2 Å². The molecule has 2 aromatic rings. The molecule has 0 atom stereocenters. The average molecular weight is 377 g/mol. The zero-order valence-electron chi connectivity index (χ0n) is 16.6. The lowest BCUT2D eigenvalue weighted by Gasteiger charge is -2.28. The first kappa shape index (κ1) is 18.6. The average Bonchev–Trinajstić information content (AvgIpc) is 3.00. The van der Waals surface area contributed by atoms with Gasteiger partial charge in [0.25, 0.3) is 0 Å². The highest BCUT2D eigenvalue weighted by Gasteiger charge is 2.36. The Hall–Kier alpha value is -2.79. The van der Waals surface area contributed by atoms with Crippen LogP contribution in [0, 0.1) is 12.3 Å². The largest absolute Gasteiger partial charge is 0.392 e. The zero-order chi connectivity index (χ0) is 19.9. The Morgan fingerprint density at radius 1 is 1.25 bits per heavy atom. The molecular formula is C23H27N3O2. The fraction of sp³-hybridized carbons (Fsp3) is 0.348. The van der Waals surface area contributed by atoms with E-state index in [9.17, 15) is 9.90 Å². The molecule has 1 aromatic carbocycles. The summed E-state index contributed by atoms with van der Waals surface area (Å²) in [5.74, 6) is 0.160. The van der Waals surface area contributed by atoms with E-state index in [2.05, 4.69) is 35.5 Å². The second-order valence-electron chi connectivity index (χ2n) is 8.51. The highest BCUT2D eigenvalue weighted by atomic mass is 16.3. The van der Waals surface area contributed by atoms with Gasteiger partial charge < -0.3 is 20.7 Å². The van der Waals surface area contributed by atoms with E-state index < -0.39 is 0 Å². The highest BCUT2D eigenvalue weighted by Crippen LogP contribution is 2.42. The van der Waals surface area contributed by atoms with Gasteiger partial charge in [0.15, 0.2) is 5.78 Å². The summed E-state index contributed by atoms with van der Waals surface area (Å²) < 4.78 is 0. The molecule has 0 fully saturated rings. The number of ketones is 1. The van der Waals surface area contributed by atoms with Gasteiger partial charge in [-0.2, -0.15) is 0 Å². The summed E-state index contributed by atoms with van der Waals surface area (Å²) >= 11 is 0. The number of hydrogen-bond donors (Lipinski definition) is 4. The maximum atomic E-state index is 13.1. The SMILES string of the molecule is Cc1ccc(CO)c(Nc2c(C3=CCNC=C3)[nH]c3c2C(=O)CC(C)(C)C3)c1. The van der Waals surface area contributed by atoms with E-state index in [1.807, 2.05) is 37.4 Å². The molecule has 1 aliphatic carbocycles. The fourth-order valence-corrected chi connectivity index (χ4v) is 4.12. The minimum absolute atomic E-state index is 0.0542. The van der Waals surface area contributed by atoms with Crippen LogP contribution in [0.4, 0.5) is 11.4 Å². The molecule has 0 radical (unpaired) electrons. The molecule has 4 N–H and O–H groups in total. The molecule has 0 saturated heterocycles. The number of H-pyrrole nitrogens is 1. The van der Waals surface area contributed by atoms with Crippen LogP contribution < -0.4 is 10.6 Å². The first-order valence-electron chi connectivity index (χ1n) is 9.74. The van der Waals surface area contributed by atoms with Crippen LogP contribution in [-0.2, 0) is 13.0 Å². The van der Waals surface area contributed by atoms with Crippen LogP contribution in [0.15, 0.2) is 36.6 Å². The van der Waals surface area contributed by atoms with Crippen LogP contribution in [0.2, 0.25) is 0 Å². The van der Waals surface area contributed by atoms with Gasteiger partial charge in [0, 0.05) is 29.9 Å². The van der Waals surface area contributed by atoms with E-state index >= 15 is 0 Å². The van der Waals surface area contributed by atoms with Gasteiger partial charge >= 0.3 is 0 Å². The van der Waals surface area contributed by atoms with E-state index in [-0.39, 0.29) is 17.8 Å². The van der Waals surface area contributed by atoms with Crippen molar-refractivity contribution >= 4 is 22.7 Å². The lowest BCUT2D eigenvalue weighted by Crippen LogP contribution is -2.26. The van der Waals surface area contributed by atoms with Crippen molar-refractivity contribution in [3.05, 3.63) is 64.6 Å². The number of fused-ring (bicyclic) bond motifs is 1. The van der Waals surface area contributed by atoms with Crippen LogP contribution in [0.25, 0.3) is 5.57 Å². The Morgan fingerprint density at radius 2 is 2.07 bits per heavy atom. The minimum atomic E-state index is -0.0575. The summed E-state index contributed by atoms with van der Waals surface area (Å²) in [7, 11) is 0. The van der Waals surface area contributed by atoms with Crippen molar-refractivity contribution in [1.29, 1.82) is 0 Å². The van der Waals surface area contributed by atoms with Gasteiger partial charge in [-0.05, 0) is 48.2 Å². The minimum Gasteiger partial charge on any atom is -0.392 e. The first-order valence-corrected chi connectivity index (χ1v) is 9.74. The molecule has 2 heterocycles. The number of anilines is 2. The maximum absolute atomic E-state index is 13.1. The van der Waals surface area contributed by atoms with Gasteiger partial charge in [-0.25, -0.2) is 0 Å². The second-order valence-corrected chi connectivity index (χ2v) is 8.51. The Morgan fingerprint density at radius 3 is 2.79 bits per heavy atom. The third-order valence-electron chi connectivity index (χ3n) is 5.46. The molecule has 146 valence electrons. The number of aliphatic hydroxyl groups excluding tert-OH is 1. The number of carbonyl (C=O) groups is 1. The van der Waals surface area contributed by atoms with Crippen molar-refractivity contribution in [1.82, 2.24) is 10.3 Å². The van der Waals surface area contributed by atoms with E-state index in [0.29, 0.717) is 6.42 Å². The van der Waals surface area contributed by atoms with E-state index in [1.54, 1.807) is 0 Å². The first-order chi connectivity index (χ1) is 13.4. The van der Waals surface area contributed by atoms with Gasteiger partial charge in [0.05, 0.1) is 23.6 Å². The summed E-state index contributed by atoms with van der Waals surface area (Å²) in [5, 5.41) is 16.4. The number of aromatic nitrogens is 1. The molecule has 0 amide bonds. The van der Waals surface area contributed by atoms with Crippen molar-refractivity contribution in [3.8, 4) is 0 Å². The smallest absolute Gasteiger partial charge is 0.167 e. The maximum Gasteiger partial charge on any atom is 0.167 e. The lowest BCUT2D eigenvalue weighted by molar-refractivity contribution is 0.0912. The predicted octanol–water partition coefficient (Wildman–Crippen LogP) is 4.21. The van der Waals surface area contributed by atoms with E-state index in [0.717, 1.165) is 58.0 Å². The van der Waals surface area contributed by atoms with Gasteiger partial charge in [-0.3, -0.25) is 4.79 Å². The number of rotatable bonds is 4. The van der Waals surface area contributed by atoms with E-state index in [4.69, 9.17) is 0 Å². The molecule has 2 aliphatic rings. The summed E-state index contributed by atoms with van der Waals surface area (Å²) in [6.45, 7) is 6.98. The Kier molecular flexibility index (Phi) is 4.63. The number of Topliss-reactive ketones (excluding diaryl/α,β-unsaturated/α-hetero) is 1. The molecule has 5 nitrogen and oxygen atoms in total.